The van der Waals surface area contributed by atoms with Crippen LogP contribution < -0.4 is 0 Å². The first-order chi connectivity index (χ1) is 6.69. The highest BCUT2D eigenvalue weighted by Crippen LogP contribution is 2.32. The minimum absolute atomic E-state index is 0.0339. The Morgan fingerprint density at radius 1 is 1.64 bits per heavy atom. The summed E-state index contributed by atoms with van der Waals surface area (Å²) in [7, 11) is 1.41. The second-order valence-electron chi connectivity index (χ2n) is 3.88. The molecule has 80 valence electrons. The lowest BCUT2D eigenvalue weighted by Crippen LogP contribution is -2.32. The molecule has 1 rings (SSSR count). The number of carbonyl (C=O) groups is 1. The van der Waals surface area contributed by atoms with Crippen molar-refractivity contribution in [3.05, 3.63) is 12.7 Å². The number of esters is 1. The Hall–Kier alpha value is -0.830. The topological polar surface area (TPSA) is 46.5 Å². The molecule has 3 nitrogen and oxygen atoms in total. The van der Waals surface area contributed by atoms with Crippen LogP contribution in [0.4, 0.5) is 0 Å². The molecule has 0 aromatic carbocycles. The van der Waals surface area contributed by atoms with Gasteiger partial charge in [0.1, 0.15) is 0 Å². The highest BCUT2D eigenvalue weighted by molar-refractivity contribution is 5.72. The van der Waals surface area contributed by atoms with Gasteiger partial charge in [-0.2, -0.15) is 0 Å². The average molecular weight is 198 g/mol. The van der Waals surface area contributed by atoms with Crippen molar-refractivity contribution in [3.8, 4) is 0 Å². The van der Waals surface area contributed by atoms with Crippen molar-refractivity contribution in [1.29, 1.82) is 0 Å². The zero-order valence-electron chi connectivity index (χ0n) is 8.61. The molecule has 0 spiro atoms. The molecule has 1 aliphatic rings. The molecule has 3 atom stereocenters. The summed E-state index contributed by atoms with van der Waals surface area (Å²) in [6.07, 6.45) is 4.44. The van der Waals surface area contributed by atoms with Gasteiger partial charge in [0, 0.05) is 0 Å². The number of methoxy groups -OCH3 is 1. The molecule has 1 fully saturated rings. The van der Waals surface area contributed by atoms with Crippen LogP contribution in [0.25, 0.3) is 0 Å². The van der Waals surface area contributed by atoms with Gasteiger partial charge in [-0.15, -0.1) is 6.58 Å². The maximum absolute atomic E-state index is 11.3. The average Bonchev–Trinajstić information content (AvgIpc) is 2.20. The van der Waals surface area contributed by atoms with Crippen molar-refractivity contribution < 1.29 is 14.6 Å². The zero-order chi connectivity index (χ0) is 10.6. The van der Waals surface area contributed by atoms with Crippen LogP contribution in [0.15, 0.2) is 12.7 Å². The van der Waals surface area contributed by atoms with E-state index in [0.717, 1.165) is 19.3 Å². The van der Waals surface area contributed by atoms with Crippen molar-refractivity contribution in [3.63, 3.8) is 0 Å². The zero-order valence-corrected chi connectivity index (χ0v) is 8.61. The van der Waals surface area contributed by atoms with E-state index < -0.39 is 0 Å². The fourth-order valence-electron chi connectivity index (χ4n) is 2.10. The molecule has 0 aliphatic heterocycles. The van der Waals surface area contributed by atoms with Crippen molar-refractivity contribution in [2.24, 2.45) is 11.8 Å². The Balaban J connectivity index is 2.52. The molecule has 14 heavy (non-hydrogen) atoms. The molecule has 0 saturated heterocycles. The van der Waals surface area contributed by atoms with Gasteiger partial charge in [-0.05, 0) is 31.6 Å². The van der Waals surface area contributed by atoms with Crippen LogP contribution in [0.5, 0.6) is 0 Å². The molecule has 1 saturated carbocycles. The number of hydrogen-bond acceptors (Lipinski definition) is 3. The van der Waals surface area contributed by atoms with Crippen LogP contribution in [0.3, 0.4) is 0 Å². The van der Waals surface area contributed by atoms with E-state index in [1.807, 2.05) is 0 Å². The van der Waals surface area contributed by atoms with Crippen LogP contribution >= 0.6 is 0 Å². The maximum atomic E-state index is 11.3. The molecule has 0 aromatic heterocycles. The molecule has 0 unspecified atom stereocenters. The second-order valence-corrected chi connectivity index (χ2v) is 3.88. The van der Waals surface area contributed by atoms with Crippen molar-refractivity contribution in [2.75, 3.05) is 7.11 Å². The lowest BCUT2D eigenvalue weighted by molar-refractivity contribution is -0.148. The minimum atomic E-state index is -0.283. The van der Waals surface area contributed by atoms with Crippen LogP contribution in [-0.4, -0.2) is 24.3 Å². The molecular weight excluding hydrogens is 180 g/mol. The molecule has 0 bridgehead atoms. The first kappa shape index (κ1) is 11.2. The predicted octanol–water partition coefficient (Wildman–Crippen LogP) is 1.51. The highest BCUT2D eigenvalue weighted by Gasteiger charge is 2.32. The normalized spacial score (nSPS) is 32.3. The SMILES string of the molecule is C=CC[C@H]1C[C@H](C(=O)OC)CC[C@@H]1O. The summed E-state index contributed by atoms with van der Waals surface area (Å²) < 4.78 is 4.70. The first-order valence-electron chi connectivity index (χ1n) is 5.05. The van der Waals surface area contributed by atoms with E-state index in [1.54, 1.807) is 6.08 Å². The third-order valence-corrected chi connectivity index (χ3v) is 2.95. The molecule has 0 amide bonds. The number of hydrogen-bond donors (Lipinski definition) is 1. The second kappa shape index (κ2) is 5.15. The molecule has 1 N–H and O–H groups in total. The molecule has 0 aromatic rings. The van der Waals surface area contributed by atoms with Crippen molar-refractivity contribution in [2.45, 2.75) is 31.8 Å². The van der Waals surface area contributed by atoms with Crippen LogP contribution in [0.2, 0.25) is 0 Å². The number of carbonyl (C=O) groups excluding carboxylic acids is 1. The third-order valence-electron chi connectivity index (χ3n) is 2.95. The molecule has 0 radical (unpaired) electrons. The lowest BCUT2D eigenvalue weighted by Gasteiger charge is -2.31. The third kappa shape index (κ3) is 2.58. The van der Waals surface area contributed by atoms with E-state index in [1.165, 1.54) is 7.11 Å². The van der Waals surface area contributed by atoms with E-state index >= 15 is 0 Å². The highest BCUT2D eigenvalue weighted by atomic mass is 16.5. The smallest absolute Gasteiger partial charge is 0.308 e. The summed E-state index contributed by atoms with van der Waals surface area (Å²) in [5, 5.41) is 9.67. The Morgan fingerprint density at radius 3 is 2.93 bits per heavy atom. The van der Waals surface area contributed by atoms with E-state index in [0.29, 0.717) is 6.42 Å². The minimum Gasteiger partial charge on any atom is -0.469 e. The van der Waals surface area contributed by atoms with Gasteiger partial charge in [-0.25, -0.2) is 0 Å². The number of rotatable bonds is 3. The summed E-state index contributed by atoms with van der Waals surface area (Å²) in [5.41, 5.74) is 0. The largest absolute Gasteiger partial charge is 0.469 e. The number of aliphatic hydroxyl groups is 1. The Kier molecular flexibility index (Phi) is 4.14. The fourth-order valence-corrected chi connectivity index (χ4v) is 2.10. The molecule has 3 heteroatoms. The quantitative estimate of drug-likeness (QED) is 0.552. The van der Waals surface area contributed by atoms with Gasteiger partial charge in [-0.1, -0.05) is 6.08 Å². The molecule has 1 aliphatic carbocycles. The number of ether oxygens (including phenoxy) is 1. The van der Waals surface area contributed by atoms with E-state index in [2.05, 4.69) is 6.58 Å². The van der Waals surface area contributed by atoms with Gasteiger partial charge in [0.15, 0.2) is 0 Å². The van der Waals surface area contributed by atoms with Gasteiger partial charge in [0.05, 0.1) is 19.1 Å². The van der Waals surface area contributed by atoms with Gasteiger partial charge < -0.3 is 9.84 Å². The van der Waals surface area contributed by atoms with Crippen LogP contribution in [-0.2, 0) is 9.53 Å². The Labute approximate surface area is 84.8 Å². The fraction of sp³-hybridized carbons (Fsp3) is 0.727. The van der Waals surface area contributed by atoms with Gasteiger partial charge in [-0.3, -0.25) is 4.79 Å². The van der Waals surface area contributed by atoms with Crippen LogP contribution in [0, 0.1) is 11.8 Å². The van der Waals surface area contributed by atoms with Gasteiger partial charge in [0.25, 0.3) is 0 Å². The molecular formula is C11H18O3. The summed E-state index contributed by atoms with van der Waals surface area (Å²) in [5.74, 6) is -0.00957. The van der Waals surface area contributed by atoms with Crippen LogP contribution in [0.1, 0.15) is 25.7 Å². The van der Waals surface area contributed by atoms with Gasteiger partial charge >= 0.3 is 5.97 Å². The summed E-state index contributed by atoms with van der Waals surface area (Å²) >= 11 is 0. The predicted molar refractivity (Wildman–Crippen MR) is 53.7 cm³/mol. The Morgan fingerprint density at radius 2 is 2.36 bits per heavy atom. The van der Waals surface area contributed by atoms with E-state index in [4.69, 9.17) is 4.74 Å². The maximum Gasteiger partial charge on any atom is 0.308 e. The number of allylic oxidation sites excluding steroid dienone is 1. The van der Waals surface area contributed by atoms with Crippen molar-refractivity contribution >= 4 is 5.97 Å². The first-order valence-corrected chi connectivity index (χ1v) is 5.05. The van der Waals surface area contributed by atoms with Gasteiger partial charge in [0.2, 0.25) is 0 Å². The summed E-state index contributed by atoms with van der Waals surface area (Å²) in [6, 6.07) is 0. The lowest BCUT2D eigenvalue weighted by atomic mass is 9.78. The monoisotopic (exact) mass is 198 g/mol. The van der Waals surface area contributed by atoms with E-state index in [-0.39, 0.29) is 23.9 Å². The Bertz CT molecular complexity index is 213. The summed E-state index contributed by atoms with van der Waals surface area (Å²) in [6.45, 7) is 3.65. The van der Waals surface area contributed by atoms with E-state index in [9.17, 15) is 9.90 Å². The molecule has 0 heterocycles. The summed E-state index contributed by atoms with van der Waals surface area (Å²) in [4.78, 5) is 11.3. The standard InChI is InChI=1S/C11H18O3/c1-3-4-8-7-9(11(13)14-2)5-6-10(8)12/h3,8-10,12H,1,4-7H2,2H3/t8-,9+,10-/m0/s1. The number of aliphatic hydroxyl groups excluding tert-OH is 1. The van der Waals surface area contributed by atoms with Crippen molar-refractivity contribution in [1.82, 2.24) is 0 Å².